The third-order valence-corrected chi connectivity index (χ3v) is 7.59. The fraction of sp³-hybridized carbons (Fsp3) is 0.409. The normalized spacial score (nSPS) is 16.9. The molecule has 1 saturated heterocycles. The Kier molecular flexibility index (Phi) is 7.86. The van der Waals surface area contributed by atoms with Crippen LogP contribution in [0.2, 0.25) is 5.02 Å². The van der Waals surface area contributed by atoms with E-state index < -0.39 is 15.9 Å². The molecule has 1 N–H and O–H groups in total. The largest absolute Gasteiger partial charge is 0.496 e. The number of nitrogens with zero attached hydrogens (tertiary/aromatic N) is 1. The van der Waals surface area contributed by atoms with Gasteiger partial charge in [0, 0.05) is 18.1 Å². The molecule has 1 atom stereocenters. The molecule has 2 aromatic rings. The Balaban J connectivity index is 1.74. The van der Waals surface area contributed by atoms with Crippen LogP contribution >= 0.6 is 11.6 Å². The Labute approximate surface area is 193 Å². The topological polar surface area (TPSA) is 94.2 Å². The Morgan fingerprint density at radius 3 is 2.38 bits per heavy atom. The highest BCUT2D eigenvalue weighted by atomic mass is 35.5. The van der Waals surface area contributed by atoms with E-state index in [-0.39, 0.29) is 29.6 Å². The molecule has 1 heterocycles. The smallest absolute Gasteiger partial charge is 0.246 e. The van der Waals surface area contributed by atoms with Crippen molar-refractivity contribution in [1.29, 1.82) is 0 Å². The van der Waals surface area contributed by atoms with Gasteiger partial charge in [-0.15, -0.1) is 0 Å². The summed E-state index contributed by atoms with van der Waals surface area (Å²) < 4.78 is 43.8. The summed E-state index contributed by atoms with van der Waals surface area (Å²) in [6, 6.07) is 9.83. The molecule has 10 heteroatoms. The number of rotatable bonds is 8. The molecule has 0 saturated carbocycles. The second-order valence-corrected chi connectivity index (χ2v) is 9.70. The molecule has 0 spiro atoms. The number of carbonyl (C=O) groups excluding carboxylic acids is 1. The van der Waals surface area contributed by atoms with Gasteiger partial charge in [-0.3, -0.25) is 4.79 Å². The molecular formula is C22H27ClN2O6S. The minimum Gasteiger partial charge on any atom is -0.496 e. The lowest BCUT2D eigenvalue weighted by atomic mass is 9.98. The summed E-state index contributed by atoms with van der Waals surface area (Å²) >= 11 is 6.02. The Morgan fingerprint density at radius 2 is 1.75 bits per heavy atom. The van der Waals surface area contributed by atoms with Gasteiger partial charge in [-0.25, -0.2) is 8.42 Å². The predicted octanol–water partition coefficient (Wildman–Crippen LogP) is 3.08. The van der Waals surface area contributed by atoms with Gasteiger partial charge in [0.2, 0.25) is 15.9 Å². The number of benzene rings is 2. The van der Waals surface area contributed by atoms with Gasteiger partial charge < -0.3 is 19.5 Å². The zero-order valence-electron chi connectivity index (χ0n) is 18.3. The molecule has 0 aliphatic carbocycles. The first kappa shape index (κ1) is 24.2. The van der Waals surface area contributed by atoms with Crippen molar-refractivity contribution in [3.05, 3.63) is 47.0 Å². The van der Waals surface area contributed by atoms with Crippen LogP contribution in [-0.4, -0.2) is 53.0 Å². The summed E-state index contributed by atoms with van der Waals surface area (Å²) in [7, 11) is 0.625. The number of piperidine rings is 1. The maximum absolute atomic E-state index is 13.3. The Morgan fingerprint density at radius 1 is 1.09 bits per heavy atom. The van der Waals surface area contributed by atoms with Gasteiger partial charge in [-0.05, 0) is 43.2 Å². The maximum Gasteiger partial charge on any atom is 0.246 e. The molecule has 32 heavy (non-hydrogen) atoms. The van der Waals surface area contributed by atoms with Crippen LogP contribution in [0.1, 0.15) is 18.4 Å². The van der Waals surface area contributed by atoms with Gasteiger partial charge in [0.1, 0.15) is 22.1 Å². The van der Waals surface area contributed by atoms with Crippen molar-refractivity contribution in [2.75, 3.05) is 34.4 Å². The van der Waals surface area contributed by atoms with Crippen molar-refractivity contribution < 1.29 is 27.4 Å². The molecule has 0 aromatic heterocycles. The standard InChI is InChI=1S/C22H27ClN2O6S/c1-29-18-7-4-8-19(30-2)17(18)13-24-22(26)15-6-5-11-25(14-15)32(27,28)21-12-16(23)9-10-20(21)31-3/h4,7-10,12,15H,5-6,11,13-14H2,1-3H3,(H,24,26)/t15-/m1/s1. The summed E-state index contributed by atoms with van der Waals surface area (Å²) in [6.45, 7) is 0.604. The minimum atomic E-state index is -3.88. The quantitative estimate of drug-likeness (QED) is 0.621. The zero-order valence-corrected chi connectivity index (χ0v) is 19.8. The number of halogens is 1. The van der Waals surface area contributed by atoms with Crippen molar-refractivity contribution in [3.63, 3.8) is 0 Å². The fourth-order valence-corrected chi connectivity index (χ4v) is 5.73. The van der Waals surface area contributed by atoms with Gasteiger partial charge in [-0.2, -0.15) is 4.31 Å². The zero-order chi connectivity index (χ0) is 23.3. The molecule has 1 aliphatic heterocycles. The number of methoxy groups -OCH3 is 3. The van der Waals surface area contributed by atoms with E-state index in [4.69, 9.17) is 25.8 Å². The van der Waals surface area contributed by atoms with Crippen LogP contribution in [0.5, 0.6) is 17.2 Å². The molecule has 1 amide bonds. The second-order valence-electron chi connectivity index (χ2n) is 7.36. The van der Waals surface area contributed by atoms with Crippen molar-refractivity contribution in [3.8, 4) is 17.2 Å². The van der Waals surface area contributed by atoms with Gasteiger partial charge in [0.05, 0.1) is 39.4 Å². The van der Waals surface area contributed by atoms with Gasteiger partial charge in [0.15, 0.2) is 0 Å². The number of hydrogen-bond donors (Lipinski definition) is 1. The predicted molar refractivity (Wildman–Crippen MR) is 121 cm³/mol. The lowest BCUT2D eigenvalue weighted by molar-refractivity contribution is -0.126. The number of nitrogens with one attached hydrogen (secondary N) is 1. The van der Waals surface area contributed by atoms with Gasteiger partial charge in [-0.1, -0.05) is 17.7 Å². The molecule has 1 aliphatic rings. The highest BCUT2D eigenvalue weighted by Gasteiger charge is 2.35. The number of carbonyl (C=O) groups is 1. The van der Waals surface area contributed by atoms with Crippen LogP contribution < -0.4 is 19.5 Å². The third-order valence-electron chi connectivity index (χ3n) is 5.47. The minimum absolute atomic E-state index is 0.00711. The molecule has 0 bridgehead atoms. The van der Waals surface area contributed by atoms with Crippen molar-refractivity contribution >= 4 is 27.5 Å². The van der Waals surface area contributed by atoms with Crippen LogP contribution in [-0.2, 0) is 21.4 Å². The first-order chi connectivity index (χ1) is 15.3. The Hall–Kier alpha value is -2.49. The summed E-state index contributed by atoms with van der Waals surface area (Å²) in [4.78, 5) is 12.9. The average molecular weight is 483 g/mol. The van der Waals surface area contributed by atoms with E-state index in [1.165, 1.54) is 23.5 Å². The molecule has 0 radical (unpaired) electrons. The highest BCUT2D eigenvalue weighted by molar-refractivity contribution is 7.89. The number of amides is 1. The summed E-state index contributed by atoms with van der Waals surface area (Å²) in [5.74, 6) is 0.709. The third kappa shape index (κ3) is 5.11. The molecule has 1 fully saturated rings. The van der Waals surface area contributed by atoms with E-state index in [1.54, 1.807) is 38.5 Å². The van der Waals surface area contributed by atoms with Crippen LogP contribution in [0.3, 0.4) is 0 Å². The van der Waals surface area contributed by atoms with E-state index in [0.29, 0.717) is 35.9 Å². The molecular weight excluding hydrogens is 456 g/mol. The Bertz CT molecular complexity index is 1050. The fourth-order valence-electron chi connectivity index (χ4n) is 3.79. The SMILES string of the molecule is COc1ccc(Cl)cc1S(=O)(=O)N1CCC[C@@H](C(=O)NCc2c(OC)cccc2OC)C1. The van der Waals surface area contributed by atoms with Gasteiger partial charge >= 0.3 is 0 Å². The van der Waals surface area contributed by atoms with E-state index in [1.807, 2.05) is 0 Å². The van der Waals surface area contributed by atoms with Gasteiger partial charge in [0.25, 0.3) is 0 Å². The lowest BCUT2D eigenvalue weighted by Gasteiger charge is -2.31. The van der Waals surface area contributed by atoms with E-state index in [9.17, 15) is 13.2 Å². The molecule has 2 aromatic carbocycles. The van der Waals surface area contributed by atoms with Crippen LogP contribution in [0.4, 0.5) is 0 Å². The van der Waals surface area contributed by atoms with Crippen LogP contribution in [0, 0.1) is 5.92 Å². The summed E-state index contributed by atoms with van der Waals surface area (Å²) in [5, 5.41) is 3.19. The first-order valence-corrected chi connectivity index (χ1v) is 11.9. The average Bonchev–Trinajstić information content (AvgIpc) is 2.82. The van der Waals surface area contributed by atoms with E-state index in [0.717, 1.165) is 5.56 Å². The first-order valence-electron chi connectivity index (χ1n) is 10.1. The van der Waals surface area contributed by atoms with E-state index in [2.05, 4.69) is 5.32 Å². The van der Waals surface area contributed by atoms with Crippen molar-refractivity contribution in [1.82, 2.24) is 9.62 Å². The van der Waals surface area contributed by atoms with Crippen molar-refractivity contribution in [2.45, 2.75) is 24.3 Å². The highest BCUT2D eigenvalue weighted by Crippen LogP contribution is 2.32. The second kappa shape index (κ2) is 10.4. The monoisotopic (exact) mass is 482 g/mol. The molecule has 3 rings (SSSR count). The summed E-state index contributed by atoms with van der Waals surface area (Å²) in [5.41, 5.74) is 0.717. The van der Waals surface area contributed by atoms with Crippen molar-refractivity contribution in [2.24, 2.45) is 5.92 Å². The molecule has 174 valence electrons. The number of sulfonamides is 1. The maximum atomic E-state index is 13.3. The summed E-state index contributed by atoms with van der Waals surface area (Å²) in [6.07, 6.45) is 1.16. The number of ether oxygens (including phenoxy) is 3. The lowest BCUT2D eigenvalue weighted by Crippen LogP contribution is -2.45. The number of hydrogen-bond acceptors (Lipinski definition) is 6. The molecule has 0 unspecified atom stereocenters. The van der Waals surface area contributed by atoms with Crippen LogP contribution in [0.15, 0.2) is 41.3 Å². The molecule has 8 nitrogen and oxygen atoms in total. The van der Waals surface area contributed by atoms with Crippen LogP contribution in [0.25, 0.3) is 0 Å². The van der Waals surface area contributed by atoms with E-state index >= 15 is 0 Å².